The van der Waals surface area contributed by atoms with Crippen molar-refractivity contribution in [2.24, 2.45) is 0 Å². The van der Waals surface area contributed by atoms with Crippen molar-refractivity contribution < 1.29 is 22.3 Å². The van der Waals surface area contributed by atoms with Crippen LogP contribution in [0.2, 0.25) is 0 Å². The number of fused-ring (bicyclic) bond motifs is 1. The van der Waals surface area contributed by atoms with E-state index in [0.717, 1.165) is 6.26 Å². The zero-order chi connectivity index (χ0) is 20.8. The van der Waals surface area contributed by atoms with Gasteiger partial charge in [0.2, 0.25) is 16.0 Å². The van der Waals surface area contributed by atoms with Crippen LogP contribution in [-0.4, -0.2) is 63.9 Å². The number of rotatable bonds is 4. The Labute approximate surface area is 165 Å². The smallest absolute Gasteiger partial charge is 0.241 e. The molecule has 0 aliphatic carbocycles. The second-order valence-electron chi connectivity index (χ2n) is 6.99. The molecule has 0 radical (unpaired) electrons. The normalized spacial score (nSPS) is 20.8. The van der Waals surface area contributed by atoms with Gasteiger partial charge in [-0.2, -0.15) is 4.31 Å². The van der Waals surface area contributed by atoms with E-state index in [1.54, 1.807) is 6.07 Å². The fourth-order valence-electron chi connectivity index (χ4n) is 3.41. The lowest BCUT2D eigenvalue weighted by Gasteiger charge is -2.34. The number of piperidine rings is 1. The minimum Gasteiger partial charge on any atom is -0.390 e. The van der Waals surface area contributed by atoms with Crippen LogP contribution in [0, 0.1) is 11.6 Å². The maximum atomic E-state index is 14.3. The van der Waals surface area contributed by atoms with E-state index in [0.29, 0.717) is 17.7 Å². The lowest BCUT2D eigenvalue weighted by atomic mass is 10.0. The largest absolute Gasteiger partial charge is 0.390 e. The van der Waals surface area contributed by atoms with E-state index in [4.69, 9.17) is 0 Å². The van der Waals surface area contributed by atoms with Crippen molar-refractivity contribution in [3.63, 3.8) is 0 Å². The summed E-state index contributed by atoms with van der Waals surface area (Å²) in [6.07, 6.45) is 1.79. The van der Waals surface area contributed by atoms with E-state index in [2.05, 4.69) is 15.4 Å². The van der Waals surface area contributed by atoms with Crippen molar-refractivity contribution in [1.29, 1.82) is 0 Å². The van der Waals surface area contributed by atoms with Gasteiger partial charge in [0.15, 0.2) is 5.82 Å². The highest BCUT2D eigenvalue weighted by molar-refractivity contribution is 7.88. The van der Waals surface area contributed by atoms with Crippen LogP contribution in [0.15, 0.2) is 36.5 Å². The van der Waals surface area contributed by atoms with Gasteiger partial charge in [0, 0.05) is 24.7 Å². The monoisotopic (exact) mass is 423 g/mol. The SMILES string of the molecule is CS(=O)(=O)N1CC[C@@H](Nc2ncc3c(F)cc(-c4cccc(F)c4)n3n2)[C@H](O)C1. The van der Waals surface area contributed by atoms with Crippen LogP contribution in [0.5, 0.6) is 0 Å². The van der Waals surface area contributed by atoms with Crippen molar-refractivity contribution in [3.8, 4) is 11.3 Å². The molecule has 3 heterocycles. The average molecular weight is 423 g/mol. The quantitative estimate of drug-likeness (QED) is 0.660. The van der Waals surface area contributed by atoms with Crippen LogP contribution in [0.4, 0.5) is 14.7 Å². The zero-order valence-corrected chi connectivity index (χ0v) is 16.3. The van der Waals surface area contributed by atoms with Crippen LogP contribution < -0.4 is 5.32 Å². The number of nitrogens with zero attached hydrogens (tertiary/aromatic N) is 4. The summed E-state index contributed by atoms with van der Waals surface area (Å²) in [7, 11) is -3.38. The van der Waals surface area contributed by atoms with Crippen molar-refractivity contribution in [2.45, 2.75) is 18.6 Å². The second kappa shape index (κ2) is 7.32. The summed E-state index contributed by atoms with van der Waals surface area (Å²) in [5, 5.41) is 17.6. The van der Waals surface area contributed by atoms with Crippen LogP contribution in [-0.2, 0) is 10.0 Å². The van der Waals surface area contributed by atoms with Crippen molar-refractivity contribution >= 4 is 21.5 Å². The first-order chi connectivity index (χ1) is 13.7. The Morgan fingerprint density at radius 3 is 2.76 bits per heavy atom. The first-order valence-electron chi connectivity index (χ1n) is 8.92. The molecule has 1 saturated heterocycles. The topological polar surface area (TPSA) is 99.8 Å². The number of hydrogen-bond acceptors (Lipinski definition) is 6. The van der Waals surface area contributed by atoms with E-state index >= 15 is 0 Å². The van der Waals surface area contributed by atoms with Gasteiger partial charge in [-0.15, -0.1) is 5.10 Å². The molecule has 0 bridgehead atoms. The molecule has 2 atom stereocenters. The summed E-state index contributed by atoms with van der Waals surface area (Å²) < 4.78 is 53.7. The van der Waals surface area contributed by atoms with E-state index in [-0.39, 0.29) is 24.6 Å². The number of aliphatic hydroxyl groups is 1. The molecule has 0 unspecified atom stereocenters. The Hall–Kier alpha value is -2.63. The highest BCUT2D eigenvalue weighted by Crippen LogP contribution is 2.26. The van der Waals surface area contributed by atoms with E-state index in [1.807, 2.05) is 0 Å². The number of halogens is 2. The molecule has 8 nitrogen and oxygen atoms in total. The maximum absolute atomic E-state index is 14.3. The number of aliphatic hydroxyl groups excluding tert-OH is 1. The summed E-state index contributed by atoms with van der Waals surface area (Å²) in [5.41, 5.74) is 0.937. The Morgan fingerprint density at radius 2 is 2.07 bits per heavy atom. The van der Waals surface area contributed by atoms with Gasteiger partial charge in [-0.1, -0.05) is 12.1 Å². The highest BCUT2D eigenvalue weighted by Gasteiger charge is 2.32. The molecule has 3 aromatic rings. The third kappa shape index (κ3) is 3.93. The Morgan fingerprint density at radius 1 is 1.28 bits per heavy atom. The van der Waals surface area contributed by atoms with E-state index in [9.17, 15) is 22.3 Å². The van der Waals surface area contributed by atoms with Gasteiger partial charge in [0.05, 0.1) is 30.3 Å². The fourth-order valence-corrected chi connectivity index (χ4v) is 4.27. The van der Waals surface area contributed by atoms with Crippen molar-refractivity contribution in [1.82, 2.24) is 18.9 Å². The number of sulfonamides is 1. The molecule has 2 N–H and O–H groups in total. The first-order valence-corrected chi connectivity index (χ1v) is 10.8. The number of hydrogen-bond donors (Lipinski definition) is 2. The summed E-state index contributed by atoms with van der Waals surface area (Å²) in [4.78, 5) is 4.09. The molecule has 0 spiro atoms. The number of aromatic nitrogens is 3. The van der Waals surface area contributed by atoms with Crippen LogP contribution in [0.25, 0.3) is 16.8 Å². The number of benzene rings is 1. The molecule has 1 aliphatic heterocycles. The molecular formula is C18H19F2N5O3S. The van der Waals surface area contributed by atoms with Gasteiger partial charge < -0.3 is 10.4 Å². The highest BCUT2D eigenvalue weighted by atomic mass is 32.2. The molecule has 2 aromatic heterocycles. The van der Waals surface area contributed by atoms with Crippen LogP contribution >= 0.6 is 0 Å². The van der Waals surface area contributed by atoms with Gasteiger partial charge in [-0.25, -0.2) is 26.7 Å². The van der Waals surface area contributed by atoms with Crippen LogP contribution in [0.3, 0.4) is 0 Å². The van der Waals surface area contributed by atoms with E-state index < -0.39 is 33.8 Å². The molecule has 154 valence electrons. The lowest BCUT2D eigenvalue weighted by Crippen LogP contribution is -2.51. The molecule has 4 rings (SSSR count). The lowest BCUT2D eigenvalue weighted by molar-refractivity contribution is 0.0950. The van der Waals surface area contributed by atoms with Crippen molar-refractivity contribution in [3.05, 3.63) is 48.2 Å². The van der Waals surface area contributed by atoms with Gasteiger partial charge in [-0.3, -0.25) is 0 Å². The maximum Gasteiger partial charge on any atom is 0.241 e. The molecule has 0 saturated carbocycles. The third-order valence-electron chi connectivity index (χ3n) is 4.92. The number of nitrogens with one attached hydrogen (secondary N) is 1. The van der Waals surface area contributed by atoms with Gasteiger partial charge >= 0.3 is 0 Å². The molecule has 1 aromatic carbocycles. The van der Waals surface area contributed by atoms with Gasteiger partial charge in [0.1, 0.15) is 11.3 Å². The Kier molecular flexibility index (Phi) is 4.97. The van der Waals surface area contributed by atoms with Gasteiger partial charge in [-0.05, 0) is 18.6 Å². The summed E-state index contributed by atoms with van der Waals surface area (Å²) in [6, 6.07) is 6.52. The minimum absolute atomic E-state index is 0.0363. The third-order valence-corrected chi connectivity index (χ3v) is 6.19. The predicted molar refractivity (Wildman–Crippen MR) is 103 cm³/mol. The van der Waals surface area contributed by atoms with Gasteiger partial charge in [0.25, 0.3) is 0 Å². The Bertz CT molecular complexity index is 1170. The first kappa shape index (κ1) is 19.7. The number of anilines is 1. The molecule has 0 amide bonds. The second-order valence-corrected chi connectivity index (χ2v) is 8.98. The molecule has 11 heteroatoms. The summed E-state index contributed by atoms with van der Waals surface area (Å²) in [5.74, 6) is -0.856. The fraction of sp³-hybridized carbons (Fsp3) is 0.333. The summed E-state index contributed by atoms with van der Waals surface area (Å²) >= 11 is 0. The standard InChI is InChI=1S/C18H19F2N5O3S/c1-29(27,28)24-6-5-14(17(26)10-24)22-18-21-9-16-13(20)8-15(25(16)23-18)11-3-2-4-12(19)7-11/h2-4,7-9,14,17,26H,5-6,10H2,1H3,(H,22,23)/t14-,17-/m1/s1. The molecule has 29 heavy (non-hydrogen) atoms. The van der Waals surface area contributed by atoms with Crippen LogP contribution in [0.1, 0.15) is 6.42 Å². The van der Waals surface area contributed by atoms with Crippen molar-refractivity contribution in [2.75, 3.05) is 24.7 Å². The predicted octanol–water partition coefficient (Wildman–Crippen LogP) is 1.48. The zero-order valence-electron chi connectivity index (χ0n) is 15.5. The molecular weight excluding hydrogens is 404 g/mol. The molecule has 1 fully saturated rings. The average Bonchev–Trinajstić information content (AvgIpc) is 2.99. The Balaban J connectivity index is 1.62. The number of β-amino-alcohol motifs (C(OH)–C–C–N with tert-alkyl or cyclic N) is 1. The van der Waals surface area contributed by atoms with E-state index in [1.165, 1.54) is 39.3 Å². The minimum atomic E-state index is -3.38. The summed E-state index contributed by atoms with van der Waals surface area (Å²) in [6.45, 7) is 0.216. The molecule has 1 aliphatic rings.